The van der Waals surface area contributed by atoms with Crippen molar-refractivity contribution in [2.75, 3.05) is 0 Å². The largest absolute Gasteiger partial charge is 0.289 e. The van der Waals surface area contributed by atoms with Crippen LogP contribution in [0.3, 0.4) is 0 Å². The second-order valence-electron chi connectivity index (χ2n) is 6.80. The molecule has 1 heterocycles. The van der Waals surface area contributed by atoms with Crippen molar-refractivity contribution in [3.05, 3.63) is 75.4 Å². The Morgan fingerprint density at radius 2 is 1.86 bits per heavy atom. The third-order valence-electron chi connectivity index (χ3n) is 4.08. The second-order valence-corrected chi connectivity index (χ2v) is 7.61. The summed E-state index contributed by atoms with van der Waals surface area (Å²) in [4.78, 5) is 12.3. The van der Waals surface area contributed by atoms with E-state index in [9.17, 15) is 4.79 Å². The van der Waals surface area contributed by atoms with Crippen LogP contribution in [-0.4, -0.2) is 22.3 Å². The third-order valence-corrected chi connectivity index (χ3v) is 4.73. The zero-order chi connectivity index (χ0) is 20.1. The number of hydrogen-bond acceptors (Lipinski definition) is 3. The minimum atomic E-state index is -0.408. The number of H-pyrrole nitrogens is 1. The smallest absolute Gasteiger partial charge is 0.272 e. The number of aromatic nitrogens is 2. The van der Waals surface area contributed by atoms with Crippen molar-refractivity contribution in [1.29, 1.82) is 0 Å². The summed E-state index contributed by atoms with van der Waals surface area (Å²) in [5.41, 5.74) is 6.20. The van der Waals surface area contributed by atoms with Crippen molar-refractivity contribution in [1.82, 2.24) is 15.6 Å². The van der Waals surface area contributed by atoms with E-state index in [1.54, 1.807) is 24.3 Å². The van der Waals surface area contributed by atoms with E-state index in [-0.39, 0.29) is 0 Å². The van der Waals surface area contributed by atoms with Gasteiger partial charge < -0.3 is 0 Å². The number of benzene rings is 2. The van der Waals surface area contributed by atoms with E-state index in [4.69, 9.17) is 23.2 Å². The van der Waals surface area contributed by atoms with Crippen molar-refractivity contribution in [3.8, 4) is 11.3 Å². The second kappa shape index (κ2) is 9.04. The Kier molecular flexibility index (Phi) is 6.49. The zero-order valence-electron chi connectivity index (χ0n) is 15.5. The summed E-state index contributed by atoms with van der Waals surface area (Å²) in [7, 11) is 0. The third kappa shape index (κ3) is 5.00. The molecule has 3 rings (SSSR count). The quantitative estimate of drug-likeness (QED) is 0.421. The monoisotopic (exact) mass is 414 g/mol. The maximum Gasteiger partial charge on any atom is 0.289 e. The Labute approximate surface area is 173 Å². The molecule has 0 aliphatic heterocycles. The molecule has 0 fully saturated rings. The Bertz CT molecular complexity index is 974. The minimum absolute atomic E-state index is 0.309. The number of rotatable bonds is 6. The van der Waals surface area contributed by atoms with Gasteiger partial charge in [-0.3, -0.25) is 9.89 Å². The molecular formula is C21H20Cl2N4O. The number of carbonyl (C=O) groups excluding carboxylic acids is 1. The molecule has 0 saturated carbocycles. The Balaban J connectivity index is 1.66. The van der Waals surface area contributed by atoms with Gasteiger partial charge in [0, 0.05) is 11.1 Å². The van der Waals surface area contributed by atoms with E-state index in [0.29, 0.717) is 32.9 Å². The van der Waals surface area contributed by atoms with E-state index in [2.05, 4.69) is 46.7 Å². The van der Waals surface area contributed by atoms with Crippen LogP contribution in [0, 0.1) is 5.92 Å². The molecule has 0 unspecified atom stereocenters. The van der Waals surface area contributed by atoms with Crippen LogP contribution in [0.15, 0.2) is 53.6 Å². The molecule has 0 aliphatic rings. The first-order valence-corrected chi connectivity index (χ1v) is 9.61. The van der Waals surface area contributed by atoms with Crippen LogP contribution in [0.5, 0.6) is 0 Å². The van der Waals surface area contributed by atoms with Crippen LogP contribution >= 0.6 is 23.2 Å². The number of nitrogens with zero attached hydrogens (tertiary/aromatic N) is 2. The van der Waals surface area contributed by atoms with Gasteiger partial charge in [0.15, 0.2) is 0 Å². The van der Waals surface area contributed by atoms with Crippen molar-refractivity contribution in [3.63, 3.8) is 0 Å². The highest BCUT2D eigenvalue weighted by Gasteiger charge is 2.11. The molecule has 0 radical (unpaired) electrons. The average molecular weight is 415 g/mol. The first-order chi connectivity index (χ1) is 13.4. The van der Waals surface area contributed by atoms with Gasteiger partial charge in [0.1, 0.15) is 5.69 Å². The molecule has 2 aromatic carbocycles. The summed E-state index contributed by atoms with van der Waals surface area (Å²) >= 11 is 12.1. The molecule has 0 bridgehead atoms. The lowest BCUT2D eigenvalue weighted by atomic mass is 10.0. The van der Waals surface area contributed by atoms with Gasteiger partial charge in [0.2, 0.25) is 0 Å². The summed E-state index contributed by atoms with van der Waals surface area (Å²) in [5.74, 6) is 0.197. The van der Waals surface area contributed by atoms with Crippen molar-refractivity contribution in [2.24, 2.45) is 11.0 Å². The van der Waals surface area contributed by atoms with Gasteiger partial charge in [0.05, 0.1) is 22.0 Å². The maximum absolute atomic E-state index is 12.3. The summed E-state index contributed by atoms with van der Waals surface area (Å²) < 4.78 is 0. The van der Waals surface area contributed by atoms with Crippen LogP contribution in [0.25, 0.3) is 11.3 Å². The molecule has 0 aliphatic carbocycles. The summed E-state index contributed by atoms with van der Waals surface area (Å²) in [6.07, 6.45) is 2.44. The van der Waals surface area contributed by atoms with Gasteiger partial charge in [-0.2, -0.15) is 10.2 Å². The zero-order valence-corrected chi connectivity index (χ0v) is 17.1. The van der Waals surface area contributed by atoms with Gasteiger partial charge >= 0.3 is 0 Å². The number of carbonyl (C=O) groups is 1. The lowest BCUT2D eigenvalue weighted by Gasteiger charge is -2.05. The van der Waals surface area contributed by atoms with Gasteiger partial charge in [0.25, 0.3) is 5.91 Å². The predicted molar refractivity (Wildman–Crippen MR) is 114 cm³/mol. The minimum Gasteiger partial charge on any atom is -0.272 e. The molecule has 2 N–H and O–H groups in total. The molecule has 0 saturated heterocycles. The number of hydrazone groups is 1. The van der Waals surface area contributed by atoms with Crippen molar-refractivity contribution >= 4 is 35.3 Å². The van der Waals surface area contributed by atoms with E-state index < -0.39 is 5.91 Å². The van der Waals surface area contributed by atoms with Crippen LogP contribution in [-0.2, 0) is 6.42 Å². The van der Waals surface area contributed by atoms with Crippen LogP contribution in [0.1, 0.15) is 35.5 Å². The highest BCUT2D eigenvalue weighted by Crippen LogP contribution is 2.22. The highest BCUT2D eigenvalue weighted by molar-refractivity contribution is 6.38. The van der Waals surface area contributed by atoms with E-state index in [1.807, 2.05) is 12.1 Å². The topological polar surface area (TPSA) is 70.1 Å². The van der Waals surface area contributed by atoms with Crippen molar-refractivity contribution < 1.29 is 4.79 Å². The average Bonchev–Trinajstić information content (AvgIpc) is 3.14. The number of hydrogen-bond donors (Lipinski definition) is 2. The first-order valence-electron chi connectivity index (χ1n) is 8.86. The first kappa shape index (κ1) is 20.1. The fourth-order valence-electron chi connectivity index (χ4n) is 2.72. The summed E-state index contributed by atoms with van der Waals surface area (Å²) in [6.45, 7) is 4.38. The van der Waals surface area contributed by atoms with Crippen LogP contribution in [0.2, 0.25) is 10.0 Å². The SMILES string of the molecule is CC(C)Cc1ccc(-c2cc(C(=O)N/N=C\c3c(Cl)cccc3Cl)[nH]n2)cc1. The van der Waals surface area contributed by atoms with E-state index >= 15 is 0 Å². The standard InChI is InChI=1S/C21H20Cl2N4O/c1-13(2)10-14-6-8-15(9-7-14)19-11-20(26-25-19)21(28)27-24-12-16-17(22)4-3-5-18(16)23/h3-9,11-13H,10H2,1-2H3,(H,25,26)(H,27,28)/b24-12-. The van der Waals surface area contributed by atoms with Gasteiger partial charge in [-0.05, 0) is 36.1 Å². The Hall–Kier alpha value is -2.63. The Morgan fingerprint density at radius 3 is 2.50 bits per heavy atom. The van der Waals surface area contributed by atoms with Gasteiger partial charge in [-0.15, -0.1) is 0 Å². The molecule has 1 amide bonds. The van der Waals surface area contributed by atoms with Gasteiger partial charge in [-0.1, -0.05) is 67.4 Å². The molecule has 5 nitrogen and oxygen atoms in total. The molecule has 0 atom stereocenters. The van der Waals surface area contributed by atoms with Gasteiger partial charge in [-0.25, -0.2) is 5.43 Å². The summed E-state index contributed by atoms with van der Waals surface area (Å²) in [5, 5.41) is 11.8. The number of halogens is 2. The van der Waals surface area contributed by atoms with Crippen molar-refractivity contribution in [2.45, 2.75) is 20.3 Å². The molecule has 1 aromatic heterocycles. The molecule has 7 heteroatoms. The number of nitrogens with one attached hydrogen (secondary N) is 2. The van der Waals surface area contributed by atoms with E-state index in [0.717, 1.165) is 12.0 Å². The number of amides is 1. The number of aromatic amines is 1. The predicted octanol–water partition coefficient (Wildman–Crippen LogP) is 5.35. The molecule has 144 valence electrons. The summed E-state index contributed by atoms with van der Waals surface area (Å²) in [6, 6.07) is 15.0. The Morgan fingerprint density at radius 1 is 1.18 bits per heavy atom. The van der Waals surface area contributed by atoms with Crippen LogP contribution < -0.4 is 5.43 Å². The highest BCUT2D eigenvalue weighted by atomic mass is 35.5. The normalized spacial score (nSPS) is 11.3. The fraction of sp³-hybridized carbons (Fsp3) is 0.190. The molecule has 28 heavy (non-hydrogen) atoms. The lowest BCUT2D eigenvalue weighted by molar-refractivity contribution is 0.0950. The molecule has 0 spiro atoms. The molecule has 3 aromatic rings. The van der Waals surface area contributed by atoms with E-state index in [1.165, 1.54) is 11.8 Å². The maximum atomic E-state index is 12.3. The fourth-order valence-corrected chi connectivity index (χ4v) is 3.21. The lowest BCUT2D eigenvalue weighted by Crippen LogP contribution is -2.18. The van der Waals surface area contributed by atoms with Crippen LogP contribution in [0.4, 0.5) is 0 Å². The molecular weight excluding hydrogens is 395 g/mol.